The van der Waals surface area contributed by atoms with Crippen molar-refractivity contribution < 1.29 is 13.5 Å². The molecule has 0 amide bonds. The van der Waals surface area contributed by atoms with Gasteiger partial charge < -0.3 is 9.15 Å². The van der Waals surface area contributed by atoms with Crippen molar-refractivity contribution >= 4 is 23.4 Å². The van der Waals surface area contributed by atoms with E-state index in [9.17, 15) is 4.39 Å². The number of benzene rings is 2. The van der Waals surface area contributed by atoms with E-state index in [1.54, 1.807) is 25.4 Å². The molecule has 154 valence electrons. The zero-order valence-corrected chi connectivity index (χ0v) is 17.7. The predicted octanol–water partition coefficient (Wildman–Crippen LogP) is 5.33. The van der Waals surface area contributed by atoms with Crippen LogP contribution in [-0.4, -0.2) is 33.5 Å². The van der Waals surface area contributed by atoms with Gasteiger partial charge in [0.1, 0.15) is 5.82 Å². The molecule has 0 atom stereocenters. The summed E-state index contributed by atoms with van der Waals surface area (Å²) in [6, 6.07) is 13.6. The molecule has 0 spiro atoms. The van der Waals surface area contributed by atoms with Crippen LogP contribution < -0.4 is 0 Å². The second kappa shape index (κ2) is 9.42. The molecule has 6 nitrogen and oxygen atoms in total. The van der Waals surface area contributed by atoms with Crippen LogP contribution in [0, 0.1) is 5.82 Å². The van der Waals surface area contributed by atoms with Crippen LogP contribution in [0.4, 0.5) is 4.39 Å². The maximum Gasteiger partial charge on any atom is 0.205 e. The van der Waals surface area contributed by atoms with Crippen LogP contribution in [0.2, 0.25) is 5.02 Å². The molecule has 0 bridgehead atoms. The van der Waals surface area contributed by atoms with E-state index in [2.05, 4.69) is 15.2 Å². The van der Waals surface area contributed by atoms with E-state index < -0.39 is 0 Å². The smallest absolute Gasteiger partial charge is 0.205 e. The van der Waals surface area contributed by atoms with Crippen molar-refractivity contribution in [2.24, 2.45) is 0 Å². The Labute approximate surface area is 182 Å². The number of oxazole rings is 1. The van der Waals surface area contributed by atoms with Crippen LogP contribution in [-0.2, 0) is 17.0 Å². The maximum atomic E-state index is 13.1. The largest absolute Gasteiger partial charge is 0.440 e. The van der Waals surface area contributed by atoms with Gasteiger partial charge in [-0.05, 0) is 48.5 Å². The minimum Gasteiger partial charge on any atom is -0.440 e. The fourth-order valence-corrected chi connectivity index (χ4v) is 3.79. The van der Waals surface area contributed by atoms with Crippen molar-refractivity contribution in [1.82, 2.24) is 19.7 Å². The normalized spacial score (nSPS) is 11.2. The van der Waals surface area contributed by atoms with Crippen LogP contribution in [0.15, 0.2) is 64.3 Å². The summed E-state index contributed by atoms with van der Waals surface area (Å²) in [6.45, 7) is 1.14. The Morgan fingerprint density at radius 3 is 2.53 bits per heavy atom. The Morgan fingerprint density at radius 2 is 1.80 bits per heavy atom. The van der Waals surface area contributed by atoms with Gasteiger partial charge in [-0.15, -0.1) is 10.2 Å². The molecule has 2 aromatic carbocycles. The van der Waals surface area contributed by atoms with E-state index in [0.29, 0.717) is 35.6 Å². The van der Waals surface area contributed by atoms with Crippen LogP contribution in [0.25, 0.3) is 22.7 Å². The first-order valence-electron chi connectivity index (χ1n) is 9.15. The molecule has 0 aliphatic carbocycles. The van der Waals surface area contributed by atoms with Gasteiger partial charge in [0.25, 0.3) is 0 Å². The molecule has 2 heterocycles. The quantitative estimate of drug-likeness (QED) is 0.342. The number of nitrogens with zero attached hydrogens (tertiary/aromatic N) is 4. The third-order valence-electron chi connectivity index (χ3n) is 4.35. The topological polar surface area (TPSA) is 66.0 Å². The molecule has 4 rings (SSSR count). The van der Waals surface area contributed by atoms with Gasteiger partial charge >= 0.3 is 0 Å². The summed E-state index contributed by atoms with van der Waals surface area (Å²) in [6.07, 6.45) is 1.64. The number of thioether (sulfide) groups is 1. The molecule has 4 aromatic rings. The average Bonchev–Trinajstić information content (AvgIpc) is 3.39. The highest BCUT2D eigenvalue weighted by Gasteiger charge is 2.16. The van der Waals surface area contributed by atoms with Crippen molar-refractivity contribution in [1.29, 1.82) is 0 Å². The average molecular weight is 445 g/mol. The maximum absolute atomic E-state index is 13.1. The van der Waals surface area contributed by atoms with Gasteiger partial charge in [0, 0.05) is 23.3 Å². The van der Waals surface area contributed by atoms with Crippen LogP contribution in [0.3, 0.4) is 0 Å². The highest BCUT2D eigenvalue weighted by Crippen LogP contribution is 2.28. The van der Waals surface area contributed by atoms with E-state index in [1.165, 1.54) is 23.9 Å². The van der Waals surface area contributed by atoms with Gasteiger partial charge in [-0.1, -0.05) is 23.4 Å². The Balaban J connectivity index is 1.51. The zero-order valence-electron chi connectivity index (χ0n) is 16.1. The van der Waals surface area contributed by atoms with Crippen LogP contribution in [0.5, 0.6) is 0 Å². The number of methoxy groups -OCH3 is 1. The lowest BCUT2D eigenvalue weighted by Crippen LogP contribution is -2.07. The molecule has 9 heteroatoms. The van der Waals surface area contributed by atoms with Gasteiger partial charge in [0.05, 0.1) is 25.1 Å². The standard InChI is InChI=1S/C21H18ClFN4O2S/c1-28-11-10-27-20(15-2-6-16(22)7-3-15)25-26-21(27)30-13-19-24-12-18(29-19)14-4-8-17(23)9-5-14/h2-9,12H,10-11,13H2,1H3. The summed E-state index contributed by atoms with van der Waals surface area (Å²) in [5.41, 5.74) is 1.69. The Bertz CT molecular complexity index is 1110. The molecule has 0 aliphatic heterocycles. The molecular formula is C21H18ClFN4O2S. The van der Waals surface area contributed by atoms with Crippen molar-refractivity contribution in [2.75, 3.05) is 13.7 Å². The summed E-state index contributed by atoms with van der Waals surface area (Å²) in [7, 11) is 1.66. The van der Waals surface area contributed by atoms with E-state index in [-0.39, 0.29) is 5.82 Å². The molecule has 0 fully saturated rings. The minimum atomic E-state index is -0.291. The van der Waals surface area contributed by atoms with Crippen molar-refractivity contribution in [3.63, 3.8) is 0 Å². The van der Waals surface area contributed by atoms with Gasteiger partial charge in [0.15, 0.2) is 16.7 Å². The van der Waals surface area contributed by atoms with E-state index in [1.807, 2.05) is 28.8 Å². The van der Waals surface area contributed by atoms with Gasteiger partial charge in [0.2, 0.25) is 5.89 Å². The zero-order chi connectivity index (χ0) is 20.9. The first kappa shape index (κ1) is 20.6. The first-order valence-corrected chi connectivity index (χ1v) is 10.5. The fourth-order valence-electron chi connectivity index (χ4n) is 2.84. The second-order valence-electron chi connectivity index (χ2n) is 6.37. The van der Waals surface area contributed by atoms with E-state index in [0.717, 1.165) is 22.1 Å². The highest BCUT2D eigenvalue weighted by molar-refractivity contribution is 7.98. The number of rotatable bonds is 8. The summed E-state index contributed by atoms with van der Waals surface area (Å²) in [5, 5.41) is 10.1. The molecule has 0 radical (unpaired) electrons. The summed E-state index contributed by atoms with van der Waals surface area (Å²) < 4.78 is 26.2. The fraction of sp³-hybridized carbons (Fsp3) is 0.190. The Morgan fingerprint density at radius 1 is 1.07 bits per heavy atom. The monoisotopic (exact) mass is 444 g/mol. The second-order valence-corrected chi connectivity index (χ2v) is 7.75. The Kier molecular flexibility index (Phi) is 6.47. The van der Waals surface area contributed by atoms with Crippen LogP contribution in [0.1, 0.15) is 5.89 Å². The summed E-state index contributed by atoms with van der Waals surface area (Å²) in [4.78, 5) is 4.32. The van der Waals surface area contributed by atoms with Crippen LogP contribution >= 0.6 is 23.4 Å². The molecule has 0 saturated carbocycles. The number of halogens is 2. The Hall–Kier alpha value is -2.68. The van der Waals surface area contributed by atoms with Gasteiger partial charge in [-0.3, -0.25) is 4.57 Å². The van der Waals surface area contributed by atoms with E-state index in [4.69, 9.17) is 20.8 Å². The molecule has 2 aromatic heterocycles. The highest BCUT2D eigenvalue weighted by atomic mass is 35.5. The SMILES string of the molecule is COCCn1c(SCc2ncc(-c3ccc(F)cc3)o2)nnc1-c1ccc(Cl)cc1. The number of aromatic nitrogens is 4. The van der Waals surface area contributed by atoms with Crippen molar-refractivity contribution in [3.05, 3.63) is 71.5 Å². The molecule has 30 heavy (non-hydrogen) atoms. The lowest BCUT2D eigenvalue weighted by atomic mass is 10.2. The van der Waals surface area contributed by atoms with E-state index >= 15 is 0 Å². The summed E-state index contributed by atoms with van der Waals surface area (Å²) >= 11 is 7.47. The lowest BCUT2D eigenvalue weighted by molar-refractivity contribution is 0.185. The first-order chi connectivity index (χ1) is 14.6. The predicted molar refractivity (Wildman–Crippen MR) is 114 cm³/mol. The third kappa shape index (κ3) is 4.72. The van der Waals surface area contributed by atoms with Gasteiger partial charge in [-0.25, -0.2) is 9.37 Å². The number of ether oxygens (including phenoxy) is 1. The lowest BCUT2D eigenvalue weighted by Gasteiger charge is -2.09. The minimum absolute atomic E-state index is 0.291. The molecular weight excluding hydrogens is 427 g/mol. The van der Waals surface area contributed by atoms with Crippen molar-refractivity contribution in [2.45, 2.75) is 17.5 Å². The summed E-state index contributed by atoms with van der Waals surface area (Å²) in [5.74, 6) is 2.07. The van der Waals surface area contributed by atoms with Crippen molar-refractivity contribution in [3.8, 4) is 22.7 Å². The molecule has 0 N–H and O–H groups in total. The van der Waals surface area contributed by atoms with Gasteiger partial charge in [-0.2, -0.15) is 0 Å². The number of hydrogen-bond donors (Lipinski definition) is 0. The number of hydrogen-bond acceptors (Lipinski definition) is 6. The molecule has 0 unspecified atom stereocenters. The third-order valence-corrected chi connectivity index (χ3v) is 5.55. The molecule has 0 aliphatic rings. The molecule has 0 saturated heterocycles.